The van der Waals surface area contributed by atoms with E-state index in [1.165, 1.54) is 6.08 Å². The van der Waals surface area contributed by atoms with Crippen LogP contribution in [0.5, 0.6) is 11.5 Å². The minimum atomic E-state index is -0.389. The van der Waals surface area contributed by atoms with Crippen molar-refractivity contribution < 1.29 is 14.3 Å². The molecule has 3 heteroatoms. The van der Waals surface area contributed by atoms with Crippen LogP contribution in [0.4, 0.5) is 0 Å². The van der Waals surface area contributed by atoms with Crippen LogP contribution in [0.15, 0.2) is 72.8 Å². The molecular formula is C22H24O3. The number of allylic oxidation sites excluding steroid dienone is 3. The number of esters is 1. The second kappa shape index (κ2) is 10.1. The molecule has 0 N–H and O–H groups in total. The highest BCUT2D eigenvalue weighted by molar-refractivity contribution is 5.84. The van der Waals surface area contributed by atoms with Crippen LogP contribution in [0.3, 0.4) is 0 Å². The molecule has 0 atom stereocenters. The van der Waals surface area contributed by atoms with Gasteiger partial charge in [-0.25, -0.2) is 4.79 Å². The Labute approximate surface area is 149 Å². The van der Waals surface area contributed by atoms with Gasteiger partial charge in [0.1, 0.15) is 11.5 Å². The van der Waals surface area contributed by atoms with E-state index in [2.05, 4.69) is 6.92 Å². The van der Waals surface area contributed by atoms with Gasteiger partial charge in [-0.1, -0.05) is 55.8 Å². The number of ether oxygens (including phenoxy) is 2. The van der Waals surface area contributed by atoms with Crippen LogP contribution in [0.25, 0.3) is 11.1 Å². The number of hydrogen-bond donors (Lipinski definition) is 0. The van der Waals surface area contributed by atoms with Crippen LogP contribution in [-0.4, -0.2) is 12.6 Å². The standard InChI is InChI=1S/C22H24O3/c1-3-5-7-8-22(23)25-21-15-11-19(12-16-21)18-9-13-20(14-10-18)24-17-6-4-2/h3,5,7-16H,4,6,17H2,1-2H3. The molecule has 0 saturated heterocycles. The normalized spacial score (nSPS) is 11.1. The van der Waals surface area contributed by atoms with Crippen molar-refractivity contribution >= 4 is 5.97 Å². The van der Waals surface area contributed by atoms with E-state index in [1.54, 1.807) is 24.3 Å². The fourth-order valence-corrected chi connectivity index (χ4v) is 2.19. The van der Waals surface area contributed by atoms with Gasteiger partial charge in [-0.15, -0.1) is 0 Å². The Bertz CT molecular complexity index is 710. The molecule has 0 heterocycles. The Kier molecular flexibility index (Phi) is 7.51. The highest BCUT2D eigenvalue weighted by Crippen LogP contribution is 2.24. The summed E-state index contributed by atoms with van der Waals surface area (Å²) in [5.41, 5.74) is 2.15. The molecule has 0 aliphatic heterocycles. The second-order valence-electron chi connectivity index (χ2n) is 5.56. The number of benzene rings is 2. The summed E-state index contributed by atoms with van der Waals surface area (Å²) < 4.78 is 10.9. The number of unbranched alkanes of at least 4 members (excludes halogenated alkanes) is 1. The zero-order valence-corrected chi connectivity index (χ0v) is 14.8. The molecule has 0 spiro atoms. The van der Waals surface area contributed by atoms with Gasteiger partial charge < -0.3 is 9.47 Å². The smallest absolute Gasteiger partial charge is 0.336 e. The van der Waals surface area contributed by atoms with Gasteiger partial charge in [-0.2, -0.15) is 0 Å². The van der Waals surface area contributed by atoms with E-state index in [4.69, 9.17) is 9.47 Å². The monoisotopic (exact) mass is 336 g/mol. The van der Waals surface area contributed by atoms with Crippen LogP contribution < -0.4 is 9.47 Å². The molecule has 0 saturated carbocycles. The van der Waals surface area contributed by atoms with Crippen molar-refractivity contribution in [3.63, 3.8) is 0 Å². The maximum atomic E-state index is 11.6. The lowest BCUT2D eigenvalue weighted by Crippen LogP contribution is -2.03. The van der Waals surface area contributed by atoms with Crippen molar-refractivity contribution in [1.82, 2.24) is 0 Å². The van der Waals surface area contributed by atoms with Gasteiger partial charge in [0.05, 0.1) is 6.61 Å². The van der Waals surface area contributed by atoms with Crippen LogP contribution >= 0.6 is 0 Å². The minimum Gasteiger partial charge on any atom is -0.494 e. The third-order valence-corrected chi connectivity index (χ3v) is 3.56. The topological polar surface area (TPSA) is 35.5 Å². The third kappa shape index (κ3) is 6.30. The largest absolute Gasteiger partial charge is 0.494 e. The molecule has 0 amide bonds. The van der Waals surface area contributed by atoms with Gasteiger partial charge >= 0.3 is 5.97 Å². The fraction of sp³-hybridized carbons (Fsp3) is 0.227. The zero-order valence-electron chi connectivity index (χ0n) is 14.8. The Morgan fingerprint density at radius 1 is 0.920 bits per heavy atom. The van der Waals surface area contributed by atoms with Crippen molar-refractivity contribution in [2.75, 3.05) is 6.61 Å². The Hall–Kier alpha value is -2.81. The molecule has 0 radical (unpaired) electrons. The first kappa shape index (κ1) is 18.5. The van der Waals surface area contributed by atoms with Gasteiger partial charge in [0, 0.05) is 6.08 Å². The average molecular weight is 336 g/mol. The summed E-state index contributed by atoms with van der Waals surface area (Å²) in [6.45, 7) is 4.78. The molecule has 0 fully saturated rings. The minimum absolute atomic E-state index is 0.389. The predicted molar refractivity (Wildman–Crippen MR) is 102 cm³/mol. The molecule has 0 unspecified atom stereocenters. The lowest BCUT2D eigenvalue weighted by molar-refractivity contribution is -0.128. The van der Waals surface area contributed by atoms with Gasteiger partial charge in [-0.3, -0.25) is 0 Å². The average Bonchev–Trinajstić information content (AvgIpc) is 2.63. The molecular weight excluding hydrogens is 312 g/mol. The number of carbonyl (C=O) groups is 1. The summed E-state index contributed by atoms with van der Waals surface area (Å²) in [7, 11) is 0. The molecule has 2 rings (SSSR count). The molecule has 25 heavy (non-hydrogen) atoms. The quantitative estimate of drug-likeness (QED) is 0.208. The predicted octanol–water partition coefficient (Wildman–Crippen LogP) is 5.57. The molecule has 0 aromatic heterocycles. The summed E-state index contributed by atoms with van der Waals surface area (Å²) >= 11 is 0. The van der Waals surface area contributed by atoms with Crippen LogP contribution in [0.1, 0.15) is 26.7 Å². The highest BCUT2D eigenvalue weighted by atomic mass is 16.5. The zero-order chi connectivity index (χ0) is 17.9. The summed E-state index contributed by atoms with van der Waals surface area (Å²) in [4.78, 5) is 11.6. The van der Waals surface area contributed by atoms with Crippen molar-refractivity contribution in [1.29, 1.82) is 0 Å². The summed E-state index contributed by atoms with van der Waals surface area (Å²) in [5, 5.41) is 0. The SMILES string of the molecule is CC=CC=CC(=O)Oc1ccc(-c2ccc(OCCCC)cc2)cc1. The van der Waals surface area contributed by atoms with Crippen molar-refractivity contribution in [3.8, 4) is 22.6 Å². The van der Waals surface area contributed by atoms with Gasteiger partial charge in [0.2, 0.25) is 0 Å². The maximum absolute atomic E-state index is 11.6. The van der Waals surface area contributed by atoms with E-state index in [0.29, 0.717) is 5.75 Å². The Balaban J connectivity index is 1.96. The summed E-state index contributed by atoms with van der Waals surface area (Å²) in [5.74, 6) is 1.02. The molecule has 0 aliphatic carbocycles. The number of rotatable bonds is 8. The van der Waals surface area contributed by atoms with Gasteiger partial charge in [0.25, 0.3) is 0 Å². The lowest BCUT2D eigenvalue weighted by Gasteiger charge is -2.07. The summed E-state index contributed by atoms with van der Waals surface area (Å²) in [6, 6.07) is 15.5. The van der Waals surface area contributed by atoms with Crippen molar-refractivity contribution in [2.24, 2.45) is 0 Å². The van der Waals surface area contributed by atoms with E-state index in [9.17, 15) is 4.79 Å². The van der Waals surface area contributed by atoms with E-state index >= 15 is 0 Å². The van der Waals surface area contributed by atoms with Crippen LogP contribution in [0, 0.1) is 0 Å². The molecule has 0 bridgehead atoms. The summed E-state index contributed by atoms with van der Waals surface area (Å²) in [6.07, 6.45) is 8.86. The van der Waals surface area contributed by atoms with Gasteiger partial charge in [0.15, 0.2) is 0 Å². The molecule has 2 aromatic carbocycles. The first-order chi connectivity index (χ1) is 12.2. The maximum Gasteiger partial charge on any atom is 0.336 e. The Morgan fingerprint density at radius 2 is 1.52 bits per heavy atom. The van der Waals surface area contributed by atoms with Crippen molar-refractivity contribution in [2.45, 2.75) is 26.7 Å². The van der Waals surface area contributed by atoms with Crippen molar-refractivity contribution in [3.05, 3.63) is 72.8 Å². The molecule has 3 nitrogen and oxygen atoms in total. The molecule has 0 aliphatic rings. The van der Waals surface area contributed by atoms with Gasteiger partial charge in [-0.05, 0) is 48.7 Å². The number of hydrogen-bond acceptors (Lipinski definition) is 3. The molecule has 130 valence electrons. The Morgan fingerprint density at radius 3 is 2.08 bits per heavy atom. The second-order valence-corrected chi connectivity index (χ2v) is 5.56. The fourth-order valence-electron chi connectivity index (χ4n) is 2.19. The van der Waals surface area contributed by atoms with E-state index in [0.717, 1.165) is 36.3 Å². The van der Waals surface area contributed by atoms with E-state index in [-0.39, 0.29) is 5.97 Å². The first-order valence-corrected chi connectivity index (χ1v) is 8.57. The molecule has 2 aromatic rings. The van der Waals surface area contributed by atoms with E-state index in [1.807, 2.05) is 49.4 Å². The van der Waals surface area contributed by atoms with E-state index < -0.39 is 0 Å². The third-order valence-electron chi connectivity index (χ3n) is 3.56. The van der Waals surface area contributed by atoms with Crippen LogP contribution in [-0.2, 0) is 4.79 Å². The number of carbonyl (C=O) groups excluding carboxylic acids is 1. The first-order valence-electron chi connectivity index (χ1n) is 8.57. The highest BCUT2D eigenvalue weighted by Gasteiger charge is 2.02. The van der Waals surface area contributed by atoms with Crippen LogP contribution in [0.2, 0.25) is 0 Å². The lowest BCUT2D eigenvalue weighted by atomic mass is 10.1.